The van der Waals surface area contributed by atoms with E-state index < -0.39 is 5.82 Å². The molecule has 1 atom stereocenters. The first kappa shape index (κ1) is 22.9. The van der Waals surface area contributed by atoms with Crippen LogP contribution in [0, 0.1) is 11.7 Å². The van der Waals surface area contributed by atoms with E-state index in [0.29, 0.717) is 25.1 Å². The summed E-state index contributed by atoms with van der Waals surface area (Å²) in [5.74, 6) is -0.144. The van der Waals surface area contributed by atoms with E-state index in [9.17, 15) is 14.0 Å². The first-order chi connectivity index (χ1) is 14.9. The van der Waals surface area contributed by atoms with E-state index in [1.165, 1.54) is 17.7 Å². The third-order valence-corrected chi connectivity index (χ3v) is 5.66. The molecule has 1 saturated carbocycles. The number of carbonyl (C=O) groups is 2. The summed E-state index contributed by atoms with van der Waals surface area (Å²) in [6, 6.07) is 3.96. The molecule has 2 bridgehead atoms. The van der Waals surface area contributed by atoms with Gasteiger partial charge in [0.15, 0.2) is 6.61 Å². The smallest absolute Gasteiger partial charge is 0.257 e. The highest BCUT2D eigenvalue weighted by Crippen LogP contribution is 2.39. The fourth-order valence-corrected chi connectivity index (χ4v) is 3.85. The summed E-state index contributed by atoms with van der Waals surface area (Å²) in [6.07, 6.45) is 5.92. The molecule has 0 aliphatic heterocycles. The average Bonchev–Trinajstić information content (AvgIpc) is 3.08. The van der Waals surface area contributed by atoms with Crippen molar-refractivity contribution in [1.29, 1.82) is 0 Å². The maximum Gasteiger partial charge on any atom is 0.257 e. The van der Waals surface area contributed by atoms with Crippen molar-refractivity contribution in [3.05, 3.63) is 64.3 Å². The molecule has 1 unspecified atom stereocenters. The predicted molar refractivity (Wildman–Crippen MR) is 116 cm³/mol. The third kappa shape index (κ3) is 6.10. The molecule has 0 saturated heterocycles. The first-order valence-corrected chi connectivity index (χ1v) is 10.5. The van der Waals surface area contributed by atoms with Gasteiger partial charge in [0, 0.05) is 24.7 Å². The first-order valence-electron chi connectivity index (χ1n) is 10.2. The quantitative estimate of drug-likeness (QED) is 0.598. The Balaban J connectivity index is 1.38. The zero-order chi connectivity index (χ0) is 22.4. The van der Waals surface area contributed by atoms with Gasteiger partial charge in [0.1, 0.15) is 17.3 Å². The fraction of sp³-hybridized carbons (Fsp3) is 0.391. The Morgan fingerprint density at radius 3 is 2.87 bits per heavy atom. The Morgan fingerprint density at radius 2 is 2.13 bits per heavy atom. The minimum Gasteiger partial charge on any atom is -0.497 e. The Morgan fingerprint density at radius 1 is 1.32 bits per heavy atom. The molecule has 3 aliphatic rings. The van der Waals surface area contributed by atoms with Gasteiger partial charge in [-0.05, 0) is 49.5 Å². The van der Waals surface area contributed by atoms with E-state index in [1.807, 2.05) is 6.08 Å². The molecule has 1 fully saturated rings. The van der Waals surface area contributed by atoms with Gasteiger partial charge < -0.3 is 20.1 Å². The predicted octanol–water partition coefficient (Wildman–Crippen LogP) is 4.02. The number of carbonyl (C=O) groups excluding carboxylic acids is 2. The molecule has 6 nitrogen and oxygen atoms in total. The lowest BCUT2D eigenvalue weighted by molar-refractivity contribution is -0.123. The molecule has 3 aliphatic carbocycles. The van der Waals surface area contributed by atoms with Crippen LogP contribution in [0.2, 0.25) is 5.02 Å². The standard InChI is InChI=1S/C23H26ClFN2O4/c1-14(8-9-26-22(28)13-31-17-6-7-19(24)20(25)12-17)27-23(29)18-10-16-5-3-4-15(18)11-21(16)30-2/h6-7,11-12,18H,1,3-5,8-10,13H2,2H3,(H,26,28)(H,27,29). The summed E-state index contributed by atoms with van der Waals surface area (Å²) in [5.41, 5.74) is 2.81. The Bertz CT molecular complexity index is 942. The number of methoxy groups -OCH3 is 1. The summed E-state index contributed by atoms with van der Waals surface area (Å²) < 4.78 is 24.0. The number of benzene rings is 1. The van der Waals surface area contributed by atoms with E-state index in [1.54, 1.807) is 7.11 Å². The van der Waals surface area contributed by atoms with Crippen LogP contribution in [0.15, 0.2) is 53.5 Å². The number of halogens is 2. The minimum atomic E-state index is -0.612. The largest absolute Gasteiger partial charge is 0.497 e. The SMILES string of the molecule is C=C(CCNC(=O)COc1ccc(Cl)c(F)c1)NC(=O)C1CC2=C(OC)C=C1CCC2. The topological polar surface area (TPSA) is 76.7 Å². The number of hydrogen-bond acceptors (Lipinski definition) is 4. The Hall–Kier alpha value is -2.80. The van der Waals surface area contributed by atoms with Gasteiger partial charge in [0.25, 0.3) is 5.91 Å². The molecule has 1 aromatic rings. The summed E-state index contributed by atoms with van der Waals surface area (Å²) in [7, 11) is 1.66. The number of ether oxygens (including phenoxy) is 2. The summed E-state index contributed by atoms with van der Waals surface area (Å²) >= 11 is 5.61. The number of fused-ring (bicyclic) bond motifs is 4. The van der Waals surface area contributed by atoms with Gasteiger partial charge >= 0.3 is 0 Å². The minimum absolute atomic E-state index is 0.0128. The summed E-state index contributed by atoms with van der Waals surface area (Å²) in [6.45, 7) is 3.93. The van der Waals surface area contributed by atoms with Gasteiger partial charge in [-0.25, -0.2) is 4.39 Å². The van der Waals surface area contributed by atoms with E-state index in [-0.39, 0.29) is 35.1 Å². The van der Waals surface area contributed by atoms with E-state index in [4.69, 9.17) is 21.1 Å². The average molecular weight is 449 g/mol. The van der Waals surface area contributed by atoms with Gasteiger partial charge in [-0.1, -0.05) is 23.8 Å². The van der Waals surface area contributed by atoms with Crippen molar-refractivity contribution in [2.24, 2.45) is 5.92 Å². The molecule has 4 rings (SSSR count). The van der Waals surface area contributed by atoms with Crippen LogP contribution in [-0.2, 0) is 14.3 Å². The number of amides is 2. The Labute approximate surface area is 186 Å². The molecule has 0 radical (unpaired) electrons. The zero-order valence-corrected chi connectivity index (χ0v) is 18.2. The lowest BCUT2D eigenvalue weighted by Crippen LogP contribution is -2.34. The van der Waals surface area contributed by atoms with Crippen molar-refractivity contribution < 1.29 is 23.5 Å². The van der Waals surface area contributed by atoms with Crippen LogP contribution in [0.5, 0.6) is 5.75 Å². The van der Waals surface area contributed by atoms with Crippen molar-refractivity contribution in [3.63, 3.8) is 0 Å². The third-order valence-electron chi connectivity index (χ3n) is 5.35. The molecule has 0 aromatic heterocycles. The van der Waals surface area contributed by atoms with Crippen LogP contribution in [-0.4, -0.2) is 32.1 Å². The lowest BCUT2D eigenvalue weighted by atomic mass is 9.86. The molecule has 0 heterocycles. The van der Waals surface area contributed by atoms with Gasteiger partial charge in [-0.15, -0.1) is 0 Å². The van der Waals surface area contributed by atoms with Gasteiger partial charge in [-0.3, -0.25) is 9.59 Å². The molecule has 31 heavy (non-hydrogen) atoms. The van der Waals surface area contributed by atoms with Crippen molar-refractivity contribution >= 4 is 23.4 Å². The van der Waals surface area contributed by atoms with Gasteiger partial charge in [-0.2, -0.15) is 0 Å². The van der Waals surface area contributed by atoms with Crippen molar-refractivity contribution in [2.45, 2.75) is 32.1 Å². The second-order valence-electron chi connectivity index (χ2n) is 7.56. The van der Waals surface area contributed by atoms with Gasteiger partial charge in [0.2, 0.25) is 5.91 Å². The monoisotopic (exact) mass is 448 g/mol. The highest BCUT2D eigenvalue weighted by molar-refractivity contribution is 6.30. The van der Waals surface area contributed by atoms with Crippen LogP contribution in [0.4, 0.5) is 4.39 Å². The van der Waals surface area contributed by atoms with Crippen molar-refractivity contribution in [2.75, 3.05) is 20.3 Å². The molecule has 1 aromatic carbocycles. The van der Waals surface area contributed by atoms with Crippen LogP contribution in [0.3, 0.4) is 0 Å². The van der Waals surface area contributed by atoms with Crippen molar-refractivity contribution in [3.8, 4) is 5.75 Å². The number of nitrogens with one attached hydrogen (secondary N) is 2. The van der Waals surface area contributed by atoms with Crippen LogP contribution in [0.1, 0.15) is 32.1 Å². The molecule has 8 heteroatoms. The molecule has 2 N–H and O–H groups in total. The maximum atomic E-state index is 13.4. The normalized spacial score (nSPS) is 17.5. The molecular formula is C23H26ClFN2O4. The second kappa shape index (κ2) is 10.5. The highest BCUT2D eigenvalue weighted by Gasteiger charge is 2.31. The molecule has 0 spiro atoms. The maximum absolute atomic E-state index is 13.4. The van der Waals surface area contributed by atoms with Crippen LogP contribution >= 0.6 is 11.6 Å². The van der Waals surface area contributed by atoms with E-state index in [2.05, 4.69) is 17.2 Å². The molecule has 2 amide bonds. The highest BCUT2D eigenvalue weighted by atomic mass is 35.5. The fourth-order valence-electron chi connectivity index (χ4n) is 3.73. The molecular weight excluding hydrogens is 423 g/mol. The van der Waals surface area contributed by atoms with E-state index >= 15 is 0 Å². The Kier molecular flexibility index (Phi) is 7.74. The van der Waals surface area contributed by atoms with Crippen LogP contribution in [0.25, 0.3) is 0 Å². The van der Waals surface area contributed by atoms with E-state index in [0.717, 1.165) is 36.7 Å². The summed E-state index contributed by atoms with van der Waals surface area (Å²) in [4.78, 5) is 24.6. The number of allylic oxidation sites excluding steroid dienone is 2. The second-order valence-corrected chi connectivity index (χ2v) is 7.97. The lowest BCUT2D eigenvalue weighted by Gasteiger charge is -2.24. The van der Waals surface area contributed by atoms with Gasteiger partial charge in [0.05, 0.1) is 18.1 Å². The summed E-state index contributed by atoms with van der Waals surface area (Å²) in [5, 5.41) is 5.53. The number of hydrogen-bond donors (Lipinski definition) is 2. The number of rotatable bonds is 9. The zero-order valence-electron chi connectivity index (χ0n) is 17.4. The van der Waals surface area contributed by atoms with Crippen molar-refractivity contribution in [1.82, 2.24) is 10.6 Å². The van der Waals surface area contributed by atoms with Crippen LogP contribution < -0.4 is 15.4 Å². The molecule has 166 valence electrons.